The summed E-state index contributed by atoms with van der Waals surface area (Å²) in [5.74, 6) is -0.135. The van der Waals surface area contributed by atoms with E-state index in [4.69, 9.17) is 10.5 Å². The van der Waals surface area contributed by atoms with Gasteiger partial charge in [-0.05, 0) is 25.5 Å². The highest BCUT2D eigenvalue weighted by Gasteiger charge is 2.23. The first-order valence-electron chi connectivity index (χ1n) is 5.23. The summed E-state index contributed by atoms with van der Waals surface area (Å²) in [6, 6.07) is 1.83. The van der Waals surface area contributed by atoms with Crippen molar-refractivity contribution in [3.8, 4) is 5.88 Å². The van der Waals surface area contributed by atoms with Crippen LogP contribution < -0.4 is 15.8 Å². The van der Waals surface area contributed by atoms with Crippen LogP contribution in [0, 0.1) is 13.8 Å². The van der Waals surface area contributed by atoms with Crippen LogP contribution in [-0.2, 0) is 0 Å². The van der Waals surface area contributed by atoms with E-state index in [2.05, 4.69) is 10.3 Å². The number of pyridine rings is 1. The molecule has 5 nitrogen and oxygen atoms in total. The number of nitrogens with one attached hydrogen (secondary N) is 1. The number of aromatic nitrogens is 1. The lowest BCUT2D eigenvalue weighted by Crippen LogP contribution is -2.50. The van der Waals surface area contributed by atoms with Crippen LogP contribution in [0.15, 0.2) is 6.07 Å². The monoisotopic (exact) mass is 221 g/mol. The topological polar surface area (TPSA) is 77.2 Å². The molecule has 1 aliphatic heterocycles. The Morgan fingerprint density at radius 3 is 2.75 bits per heavy atom. The summed E-state index contributed by atoms with van der Waals surface area (Å²) in [5, 5.41) is 3.09. The quantitative estimate of drug-likeness (QED) is 0.761. The van der Waals surface area contributed by atoms with Gasteiger partial charge in [0.2, 0.25) is 5.88 Å². The first kappa shape index (κ1) is 10.9. The molecule has 1 aromatic heterocycles. The number of hydrogen-bond acceptors (Lipinski definition) is 4. The van der Waals surface area contributed by atoms with Crippen molar-refractivity contribution in [1.82, 2.24) is 10.3 Å². The molecule has 1 saturated heterocycles. The number of rotatable bonds is 3. The van der Waals surface area contributed by atoms with Crippen molar-refractivity contribution in [2.75, 3.05) is 13.1 Å². The molecular formula is C11H15N3O2. The van der Waals surface area contributed by atoms with Crippen molar-refractivity contribution in [3.05, 3.63) is 22.9 Å². The Morgan fingerprint density at radius 1 is 1.56 bits per heavy atom. The molecule has 86 valence electrons. The number of aryl methyl sites for hydroxylation is 2. The fraction of sp³-hybridized carbons (Fsp3) is 0.455. The van der Waals surface area contributed by atoms with E-state index in [0.29, 0.717) is 11.4 Å². The second-order valence-corrected chi connectivity index (χ2v) is 4.02. The van der Waals surface area contributed by atoms with Crippen LogP contribution in [0.3, 0.4) is 0 Å². The molecule has 0 aliphatic carbocycles. The predicted octanol–water partition coefficient (Wildman–Crippen LogP) is 0.148. The minimum absolute atomic E-state index is 0.0896. The maximum absolute atomic E-state index is 11.3. The van der Waals surface area contributed by atoms with E-state index < -0.39 is 5.91 Å². The fourth-order valence-corrected chi connectivity index (χ4v) is 1.69. The zero-order chi connectivity index (χ0) is 11.7. The minimum Gasteiger partial charge on any atom is -0.471 e. The second-order valence-electron chi connectivity index (χ2n) is 4.02. The Balaban J connectivity index is 2.35. The largest absolute Gasteiger partial charge is 0.471 e. The van der Waals surface area contributed by atoms with Gasteiger partial charge in [-0.25, -0.2) is 4.98 Å². The number of nitrogens with two attached hydrogens (primary N) is 1. The van der Waals surface area contributed by atoms with Crippen LogP contribution in [0.1, 0.15) is 21.6 Å². The van der Waals surface area contributed by atoms with Gasteiger partial charge in [0, 0.05) is 18.8 Å². The maximum Gasteiger partial charge on any atom is 0.254 e. The van der Waals surface area contributed by atoms with Gasteiger partial charge in [0.15, 0.2) is 0 Å². The molecule has 1 aromatic rings. The van der Waals surface area contributed by atoms with Crippen LogP contribution >= 0.6 is 0 Å². The fourth-order valence-electron chi connectivity index (χ4n) is 1.69. The normalized spacial score (nSPS) is 15.6. The molecule has 2 rings (SSSR count). The highest BCUT2D eigenvalue weighted by Crippen LogP contribution is 2.22. The van der Waals surface area contributed by atoms with Crippen molar-refractivity contribution < 1.29 is 9.53 Å². The minimum atomic E-state index is -0.493. The third kappa shape index (κ3) is 1.99. The second kappa shape index (κ2) is 4.09. The molecular weight excluding hydrogens is 206 g/mol. The zero-order valence-corrected chi connectivity index (χ0v) is 9.41. The molecule has 0 saturated carbocycles. The van der Waals surface area contributed by atoms with Gasteiger partial charge in [0.25, 0.3) is 5.91 Å². The van der Waals surface area contributed by atoms with Crippen molar-refractivity contribution in [2.45, 2.75) is 20.0 Å². The summed E-state index contributed by atoms with van der Waals surface area (Å²) in [5.41, 5.74) is 7.34. The highest BCUT2D eigenvalue weighted by atomic mass is 16.5. The summed E-state index contributed by atoms with van der Waals surface area (Å²) in [7, 11) is 0. The molecule has 3 N–H and O–H groups in total. The van der Waals surface area contributed by atoms with E-state index in [1.165, 1.54) is 0 Å². The van der Waals surface area contributed by atoms with Crippen molar-refractivity contribution in [2.24, 2.45) is 5.73 Å². The average molecular weight is 221 g/mol. The van der Waals surface area contributed by atoms with E-state index in [0.717, 1.165) is 24.3 Å². The summed E-state index contributed by atoms with van der Waals surface area (Å²) in [6.07, 6.45) is 0.0896. The highest BCUT2D eigenvalue weighted by molar-refractivity contribution is 5.96. The van der Waals surface area contributed by atoms with E-state index >= 15 is 0 Å². The Morgan fingerprint density at radius 2 is 2.25 bits per heavy atom. The predicted molar refractivity (Wildman–Crippen MR) is 59.5 cm³/mol. The number of carbonyl (C=O) groups is 1. The average Bonchev–Trinajstić information content (AvgIpc) is 2.09. The molecule has 0 unspecified atom stereocenters. The van der Waals surface area contributed by atoms with Crippen LogP contribution in [-0.4, -0.2) is 30.1 Å². The van der Waals surface area contributed by atoms with Crippen molar-refractivity contribution >= 4 is 5.91 Å². The van der Waals surface area contributed by atoms with Gasteiger partial charge in [-0.2, -0.15) is 0 Å². The van der Waals surface area contributed by atoms with Crippen LogP contribution in [0.5, 0.6) is 5.88 Å². The first-order chi connectivity index (χ1) is 7.58. The Hall–Kier alpha value is -1.62. The van der Waals surface area contributed by atoms with Gasteiger partial charge < -0.3 is 15.8 Å². The Labute approximate surface area is 94.0 Å². The van der Waals surface area contributed by atoms with Crippen LogP contribution in [0.2, 0.25) is 0 Å². The molecule has 0 aromatic carbocycles. The van der Waals surface area contributed by atoms with Gasteiger partial charge in [-0.15, -0.1) is 0 Å². The summed E-state index contributed by atoms with van der Waals surface area (Å²) < 4.78 is 5.63. The molecule has 16 heavy (non-hydrogen) atoms. The lowest BCUT2D eigenvalue weighted by atomic mass is 10.1. The van der Waals surface area contributed by atoms with Gasteiger partial charge in [-0.1, -0.05) is 0 Å². The molecule has 0 bridgehead atoms. The van der Waals surface area contributed by atoms with Crippen molar-refractivity contribution in [3.63, 3.8) is 0 Å². The van der Waals surface area contributed by atoms with E-state index in [1.54, 1.807) is 0 Å². The molecule has 0 spiro atoms. The number of amides is 1. The molecule has 0 atom stereocenters. The lowest BCUT2D eigenvalue weighted by molar-refractivity contribution is 0.0979. The Kier molecular flexibility index (Phi) is 2.78. The molecule has 1 fully saturated rings. The van der Waals surface area contributed by atoms with E-state index in [-0.39, 0.29) is 6.10 Å². The SMILES string of the molecule is Cc1cc(C)c(C(N)=O)c(OC2CNC2)n1. The zero-order valence-electron chi connectivity index (χ0n) is 9.41. The smallest absolute Gasteiger partial charge is 0.254 e. The summed E-state index contributed by atoms with van der Waals surface area (Å²) in [6.45, 7) is 5.27. The number of carbonyl (C=O) groups excluding carboxylic acids is 1. The van der Waals surface area contributed by atoms with E-state index in [9.17, 15) is 4.79 Å². The molecule has 1 aliphatic rings. The third-order valence-electron chi connectivity index (χ3n) is 2.58. The number of hydrogen-bond donors (Lipinski definition) is 2. The molecule has 0 radical (unpaired) electrons. The summed E-state index contributed by atoms with van der Waals surface area (Å²) >= 11 is 0. The van der Waals surface area contributed by atoms with Gasteiger partial charge in [0.1, 0.15) is 11.7 Å². The van der Waals surface area contributed by atoms with Crippen molar-refractivity contribution in [1.29, 1.82) is 0 Å². The number of nitrogens with zero attached hydrogens (tertiary/aromatic N) is 1. The molecule has 1 amide bonds. The van der Waals surface area contributed by atoms with Gasteiger partial charge in [-0.3, -0.25) is 4.79 Å². The number of ether oxygens (including phenoxy) is 1. The third-order valence-corrected chi connectivity index (χ3v) is 2.58. The van der Waals surface area contributed by atoms with Gasteiger partial charge in [0.05, 0.1) is 0 Å². The number of primary amides is 1. The van der Waals surface area contributed by atoms with E-state index in [1.807, 2.05) is 19.9 Å². The standard InChI is InChI=1S/C11H15N3O2/c1-6-3-7(2)14-11(9(6)10(12)15)16-8-4-13-5-8/h3,8,13H,4-5H2,1-2H3,(H2,12,15). The van der Waals surface area contributed by atoms with Crippen LogP contribution in [0.25, 0.3) is 0 Å². The first-order valence-corrected chi connectivity index (χ1v) is 5.23. The molecule has 2 heterocycles. The van der Waals surface area contributed by atoms with Crippen LogP contribution in [0.4, 0.5) is 0 Å². The summed E-state index contributed by atoms with van der Waals surface area (Å²) in [4.78, 5) is 15.6. The van der Waals surface area contributed by atoms with Gasteiger partial charge >= 0.3 is 0 Å². The maximum atomic E-state index is 11.3. The lowest BCUT2D eigenvalue weighted by Gasteiger charge is -2.28. The molecule has 5 heteroatoms. The Bertz CT molecular complexity index is 427.